The third kappa shape index (κ3) is 3.08. The lowest BCUT2D eigenvalue weighted by Crippen LogP contribution is -2.51. The molecule has 0 spiro atoms. The second-order valence-electron chi connectivity index (χ2n) is 8.19. The van der Waals surface area contributed by atoms with Gasteiger partial charge in [0.2, 0.25) is 0 Å². The number of fused-ring (bicyclic) bond motifs is 2. The molecule has 2 aromatic rings. The van der Waals surface area contributed by atoms with Gasteiger partial charge >= 0.3 is 6.03 Å². The molecule has 2 amide bonds. The van der Waals surface area contributed by atoms with Gasteiger partial charge in [0.25, 0.3) is 0 Å². The van der Waals surface area contributed by atoms with E-state index >= 15 is 0 Å². The molecule has 3 heterocycles. The first-order valence-electron chi connectivity index (χ1n) is 10.3. The van der Waals surface area contributed by atoms with E-state index in [-0.39, 0.29) is 23.9 Å². The van der Waals surface area contributed by atoms with Gasteiger partial charge in [0.15, 0.2) is 0 Å². The molecule has 3 aliphatic rings. The van der Waals surface area contributed by atoms with E-state index in [1.54, 1.807) is 12.1 Å². The Hall–Kier alpha value is -2.40. The van der Waals surface area contributed by atoms with Gasteiger partial charge in [-0.2, -0.15) is 0 Å². The van der Waals surface area contributed by atoms with Crippen LogP contribution in [0.25, 0.3) is 0 Å². The number of urea groups is 1. The van der Waals surface area contributed by atoms with Crippen molar-refractivity contribution >= 4 is 6.03 Å². The second kappa shape index (κ2) is 7.21. The second-order valence-corrected chi connectivity index (χ2v) is 8.19. The summed E-state index contributed by atoms with van der Waals surface area (Å²) < 4.78 is 13.5. The lowest BCUT2D eigenvalue weighted by Gasteiger charge is -2.38. The van der Waals surface area contributed by atoms with Crippen molar-refractivity contribution in [3.8, 4) is 0 Å². The van der Waals surface area contributed by atoms with Crippen LogP contribution in [-0.4, -0.2) is 47.5 Å². The normalized spacial score (nSPS) is 26.8. The Morgan fingerprint density at radius 1 is 1.00 bits per heavy atom. The lowest BCUT2D eigenvalue weighted by atomic mass is 9.88. The van der Waals surface area contributed by atoms with Gasteiger partial charge < -0.3 is 10.2 Å². The Balaban J connectivity index is 1.43. The molecule has 4 nitrogen and oxygen atoms in total. The molecular weight excluding hydrogens is 353 g/mol. The Morgan fingerprint density at radius 2 is 1.82 bits per heavy atom. The van der Waals surface area contributed by atoms with Gasteiger partial charge in [0, 0.05) is 25.2 Å². The zero-order chi connectivity index (χ0) is 19.1. The topological polar surface area (TPSA) is 35.6 Å². The first-order chi connectivity index (χ1) is 13.7. The largest absolute Gasteiger partial charge is 0.334 e. The fourth-order valence-electron chi connectivity index (χ4n) is 5.28. The van der Waals surface area contributed by atoms with Crippen LogP contribution in [0.5, 0.6) is 0 Å². The van der Waals surface area contributed by atoms with Crippen LogP contribution in [0.15, 0.2) is 48.5 Å². The van der Waals surface area contributed by atoms with Crippen LogP contribution in [0.3, 0.4) is 0 Å². The molecule has 2 fully saturated rings. The summed E-state index contributed by atoms with van der Waals surface area (Å²) in [5.74, 6) is -0.254. The van der Waals surface area contributed by atoms with E-state index in [0.29, 0.717) is 12.6 Å². The highest BCUT2D eigenvalue weighted by Crippen LogP contribution is 2.36. The highest BCUT2D eigenvalue weighted by Gasteiger charge is 2.40. The van der Waals surface area contributed by atoms with Crippen LogP contribution in [0.4, 0.5) is 9.18 Å². The van der Waals surface area contributed by atoms with Crippen molar-refractivity contribution in [3.63, 3.8) is 0 Å². The number of rotatable bonds is 2. The average molecular weight is 379 g/mol. The van der Waals surface area contributed by atoms with E-state index in [4.69, 9.17) is 0 Å². The molecule has 5 rings (SSSR count). The molecule has 1 N–H and O–H groups in total. The number of amides is 2. The van der Waals surface area contributed by atoms with Crippen LogP contribution < -0.4 is 5.32 Å². The molecule has 5 heteroatoms. The van der Waals surface area contributed by atoms with Crippen LogP contribution in [0.2, 0.25) is 0 Å². The minimum atomic E-state index is -0.254. The van der Waals surface area contributed by atoms with E-state index in [9.17, 15) is 9.18 Å². The van der Waals surface area contributed by atoms with E-state index < -0.39 is 0 Å². The maximum Gasteiger partial charge on any atom is 0.318 e. The highest BCUT2D eigenvalue weighted by atomic mass is 19.1. The zero-order valence-electron chi connectivity index (χ0n) is 16.0. The number of nitrogens with one attached hydrogen (secondary N) is 1. The molecule has 146 valence electrons. The maximum atomic E-state index is 13.5. The number of carbonyl (C=O) groups is 1. The van der Waals surface area contributed by atoms with Gasteiger partial charge in [-0.3, -0.25) is 4.90 Å². The SMILES string of the molecule is O=C(NC1CCN2CCCC12)N1CCc2ccccc2[C@@H]1c1ccc(F)cc1. The zero-order valence-corrected chi connectivity index (χ0v) is 16.0. The summed E-state index contributed by atoms with van der Waals surface area (Å²) in [7, 11) is 0. The molecule has 0 aromatic heterocycles. The standard InChI is InChI=1S/C23H26FN3O/c24-18-9-7-17(8-10-18)22-19-5-2-1-4-16(19)11-15-27(22)23(28)25-20-12-14-26-13-3-6-21(20)26/h1-2,4-5,7-10,20-22H,3,6,11-15H2,(H,25,28)/t20?,21?,22-/m0/s1. The molecular formula is C23H26FN3O. The van der Waals surface area contributed by atoms with Gasteiger partial charge in [-0.1, -0.05) is 36.4 Å². The van der Waals surface area contributed by atoms with E-state index in [1.807, 2.05) is 17.0 Å². The van der Waals surface area contributed by atoms with Gasteiger partial charge in [-0.25, -0.2) is 9.18 Å². The molecule has 0 bridgehead atoms. The Kier molecular flexibility index (Phi) is 4.55. The summed E-state index contributed by atoms with van der Waals surface area (Å²) in [6, 6.07) is 15.4. The van der Waals surface area contributed by atoms with Gasteiger partial charge in [-0.15, -0.1) is 0 Å². The van der Waals surface area contributed by atoms with Crippen molar-refractivity contribution in [2.24, 2.45) is 0 Å². The third-order valence-electron chi connectivity index (χ3n) is 6.64. The number of halogens is 1. The minimum Gasteiger partial charge on any atom is -0.334 e. The number of benzene rings is 2. The smallest absolute Gasteiger partial charge is 0.318 e. The van der Waals surface area contributed by atoms with E-state index in [1.165, 1.54) is 30.5 Å². The van der Waals surface area contributed by atoms with Gasteiger partial charge in [0.05, 0.1) is 6.04 Å². The third-order valence-corrected chi connectivity index (χ3v) is 6.64. The molecule has 2 aromatic carbocycles. The van der Waals surface area contributed by atoms with Gasteiger partial charge in [0.1, 0.15) is 5.82 Å². The molecule has 2 saturated heterocycles. The molecule has 0 saturated carbocycles. The Labute approximate surface area is 165 Å². The summed E-state index contributed by atoms with van der Waals surface area (Å²) in [5, 5.41) is 3.33. The van der Waals surface area contributed by atoms with E-state index in [0.717, 1.165) is 37.1 Å². The predicted octanol–water partition coefficient (Wildman–Crippen LogP) is 3.72. The molecule has 3 aliphatic heterocycles. The molecule has 3 atom stereocenters. The van der Waals surface area contributed by atoms with Crippen LogP contribution in [0, 0.1) is 5.82 Å². The Morgan fingerprint density at radius 3 is 2.68 bits per heavy atom. The highest BCUT2D eigenvalue weighted by molar-refractivity contribution is 5.76. The number of carbonyl (C=O) groups excluding carboxylic acids is 1. The summed E-state index contributed by atoms with van der Waals surface area (Å²) in [4.78, 5) is 17.8. The number of hydrogen-bond donors (Lipinski definition) is 1. The van der Waals surface area contributed by atoms with E-state index in [2.05, 4.69) is 22.3 Å². The lowest BCUT2D eigenvalue weighted by molar-refractivity contribution is 0.173. The van der Waals surface area contributed by atoms with Crippen LogP contribution in [-0.2, 0) is 6.42 Å². The summed E-state index contributed by atoms with van der Waals surface area (Å²) >= 11 is 0. The molecule has 2 unspecified atom stereocenters. The summed E-state index contributed by atoms with van der Waals surface area (Å²) in [5.41, 5.74) is 3.37. The van der Waals surface area contributed by atoms with Crippen LogP contribution in [0.1, 0.15) is 42.0 Å². The number of hydrogen-bond acceptors (Lipinski definition) is 2. The monoisotopic (exact) mass is 379 g/mol. The van der Waals surface area contributed by atoms with Crippen molar-refractivity contribution in [1.29, 1.82) is 0 Å². The quantitative estimate of drug-likeness (QED) is 0.863. The summed E-state index contributed by atoms with van der Waals surface area (Å²) in [6.07, 6.45) is 4.28. The van der Waals surface area contributed by atoms with Crippen molar-refractivity contribution < 1.29 is 9.18 Å². The molecule has 28 heavy (non-hydrogen) atoms. The maximum absolute atomic E-state index is 13.5. The van der Waals surface area contributed by atoms with Crippen LogP contribution >= 0.6 is 0 Å². The molecule has 0 radical (unpaired) electrons. The first-order valence-corrected chi connectivity index (χ1v) is 10.3. The Bertz CT molecular complexity index is 868. The minimum absolute atomic E-state index is 0.00239. The summed E-state index contributed by atoms with van der Waals surface area (Å²) in [6.45, 7) is 2.91. The van der Waals surface area contributed by atoms with Crippen molar-refractivity contribution in [2.75, 3.05) is 19.6 Å². The fourth-order valence-corrected chi connectivity index (χ4v) is 5.28. The van der Waals surface area contributed by atoms with Crippen molar-refractivity contribution in [2.45, 2.75) is 43.8 Å². The predicted molar refractivity (Wildman–Crippen MR) is 107 cm³/mol. The van der Waals surface area contributed by atoms with Crippen molar-refractivity contribution in [1.82, 2.24) is 15.1 Å². The fraction of sp³-hybridized carbons (Fsp3) is 0.435. The number of nitrogens with zero attached hydrogens (tertiary/aromatic N) is 2. The van der Waals surface area contributed by atoms with Gasteiger partial charge in [-0.05, 0) is 61.1 Å². The first kappa shape index (κ1) is 17.7. The van der Waals surface area contributed by atoms with Crippen molar-refractivity contribution in [3.05, 3.63) is 71.0 Å². The molecule has 0 aliphatic carbocycles. The average Bonchev–Trinajstić information content (AvgIpc) is 3.33.